The fraction of sp³-hybridized carbons (Fsp3) is 0.308. The average molecular weight is 189 g/mol. The molecule has 1 rings (SSSR count). The summed E-state index contributed by atoms with van der Waals surface area (Å²) in [6, 6.07) is 3.96. The summed E-state index contributed by atoms with van der Waals surface area (Å²) in [6.07, 6.45) is 8.70. The van der Waals surface area contributed by atoms with Gasteiger partial charge in [-0.2, -0.15) is 0 Å². The predicted molar refractivity (Wildman–Crippen MR) is 64.2 cm³/mol. The zero-order chi connectivity index (χ0) is 10.8. The number of allylic oxidation sites excluding steroid dienone is 2. The lowest BCUT2D eigenvalue weighted by molar-refractivity contribution is 1.09. The monoisotopic (exact) mass is 189 g/mol. The van der Waals surface area contributed by atoms with Crippen LogP contribution in [0.2, 0.25) is 0 Å². The quantitative estimate of drug-likeness (QED) is 0.641. The Morgan fingerprint density at radius 1 is 1.43 bits per heavy atom. The van der Waals surface area contributed by atoms with E-state index < -0.39 is 0 Å². The minimum Gasteiger partial charge on any atom is -0.261 e. The third kappa shape index (κ3) is 5.31. The van der Waals surface area contributed by atoms with E-state index in [0.717, 1.165) is 11.3 Å². The van der Waals surface area contributed by atoms with Gasteiger partial charge < -0.3 is 0 Å². The summed E-state index contributed by atoms with van der Waals surface area (Å²) < 4.78 is 0. The van der Waals surface area contributed by atoms with Gasteiger partial charge in [-0.05, 0) is 18.6 Å². The van der Waals surface area contributed by atoms with Crippen LogP contribution in [0.1, 0.15) is 31.5 Å². The van der Waals surface area contributed by atoms with Crippen LogP contribution < -0.4 is 0 Å². The fourth-order valence-electron chi connectivity index (χ4n) is 0.845. The molecule has 1 aromatic heterocycles. The molecule has 1 aromatic rings. The fourth-order valence-corrected chi connectivity index (χ4v) is 0.845. The maximum absolute atomic E-state index is 4.15. The molecule has 0 unspecified atom stereocenters. The first-order valence-corrected chi connectivity index (χ1v) is 4.96. The maximum atomic E-state index is 4.15. The van der Waals surface area contributed by atoms with E-state index in [0.29, 0.717) is 0 Å². The summed E-state index contributed by atoms with van der Waals surface area (Å²) in [5.41, 5.74) is 2.19. The molecule has 0 aliphatic carbocycles. The minimum absolute atomic E-state index is 1.05. The van der Waals surface area contributed by atoms with Crippen molar-refractivity contribution in [3.63, 3.8) is 0 Å². The first kappa shape index (κ1) is 12.6. The van der Waals surface area contributed by atoms with E-state index in [1.54, 1.807) is 12.3 Å². The van der Waals surface area contributed by atoms with Gasteiger partial charge >= 0.3 is 0 Å². The van der Waals surface area contributed by atoms with Crippen LogP contribution in [0.25, 0.3) is 6.08 Å². The van der Waals surface area contributed by atoms with E-state index in [4.69, 9.17) is 0 Å². The molecular formula is C13H19N. The Morgan fingerprint density at radius 3 is 2.57 bits per heavy atom. The average Bonchev–Trinajstić information content (AvgIpc) is 2.18. The zero-order valence-corrected chi connectivity index (χ0v) is 9.33. The van der Waals surface area contributed by atoms with Crippen molar-refractivity contribution >= 4 is 6.08 Å². The number of pyridine rings is 1. The highest BCUT2D eigenvalue weighted by molar-refractivity contribution is 5.52. The number of aromatic nitrogens is 1. The van der Waals surface area contributed by atoms with Gasteiger partial charge in [0.1, 0.15) is 0 Å². The highest BCUT2D eigenvalue weighted by atomic mass is 14.7. The Labute approximate surface area is 87.2 Å². The van der Waals surface area contributed by atoms with Crippen molar-refractivity contribution < 1.29 is 0 Å². The topological polar surface area (TPSA) is 12.9 Å². The summed E-state index contributed by atoms with van der Waals surface area (Å²) in [5, 5.41) is 0. The van der Waals surface area contributed by atoms with Gasteiger partial charge in [-0.3, -0.25) is 4.98 Å². The maximum Gasteiger partial charge on any atom is 0.0444 e. The molecule has 0 saturated carbocycles. The summed E-state index contributed by atoms with van der Waals surface area (Å²) in [4.78, 5) is 4.15. The summed E-state index contributed by atoms with van der Waals surface area (Å²) in [7, 11) is 0. The van der Waals surface area contributed by atoms with Crippen LogP contribution in [0.15, 0.2) is 37.1 Å². The molecule has 0 bridgehead atoms. The molecule has 1 heterocycles. The highest BCUT2D eigenvalue weighted by Crippen LogP contribution is 2.05. The molecule has 76 valence electrons. The lowest BCUT2D eigenvalue weighted by Gasteiger charge is -1.95. The van der Waals surface area contributed by atoms with E-state index in [-0.39, 0.29) is 0 Å². The van der Waals surface area contributed by atoms with Crippen LogP contribution in [0.5, 0.6) is 0 Å². The van der Waals surface area contributed by atoms with Crippen molar-refractivity contribution in [3.05, 3.63) is 48.3 Å². The Balaban J connectivity index is 0.000000500. The molecule has 1 heteroatoms. The molecule has 0 saturated heterocycles. The second kappa shape index (κ2) is 8.24. The molecular weight excluding hydrogens is 170 g/mol. The first-order chi connectivity index (χ1) is 6.76. The van der Waals surface area contributed by atoms with Crippen LogP contribution in [0.3, 0.4) is 0 Å². The van der Waals surface area contributed by atoms with Gasteiger partial charge in [-0.1, -0.05) is 51.1 Å². The molecule has 14 heavy (non-hydrogen) atoms. The van der Waals surface area contributed by atoms with Gasteiger partial charge in [-0.25, -0.2) is 0 Å². The third-order valence-electron chi connectivity index (χ3n) is 1.46. The van der Waals surface area contributed by atoms with Gasteiger partial charge in [0.25, 0.3) is 0 Å². The number of hydrogen-bond acceptors (Lipinski definition) is 1. The van der Waals surface area contributed by atoms with E-state index in [1.807, 2.05) is 31.2 Å². The lowest BCUT2D eigenvalue weighted by Crippen LogP contribution is -1.82. The number of hydrogen-bond donors (Lipinski definition) is 0. The van der Waals surface area contributed by atoms with Crippen LogP contribution in [-0.4, -0.2) is 4.98 Å². The number of nitrogens with zero attached hydrogens (tertiary/aromatic N) is 1. The van der Waals surface area contributed by atoms with Gasteiger partial charge in [-0.15, -0.1) is 0 Å². The molecule has 0 aromatic carbocycles. The van der Waals surface area contributed by atoms with E-state index in [2.05, 4.69) is 25.4 Å². The van der Waals surface area contributed by atoms with E-state index in [9.17, 15) is 0 Å². The standard InChI is InChI=1S/C10H11N.C3H8/c1-3-4-6-10-7-5-8-11-9(10)2;1-3-2/h3-8H,1H2,2H3;3H2,1-2H3/b6-4-;. The molecule has 0 atom stereocenters. The molecule has 0 amide bonds. The molecule has 0 fully saturated rings. The SMILES string of the molecule is C=C/C=C\c1cccnc1C.CCC. The second-order valence-electron chi connectivity index (χ2n) is 2.98. The Hall–Kier alpha value is -1.37. The molecule has 0 aliphatic heterocycles. The van der Waals surface area contributed by atoms with Gasteiger partial charge in [0.15, 0.2) is 0 Å². The highest BCUT2D eigenvalue weighted by Gasteiger charge is 1.89. The number of aryl methyl sites for hydroxylation is 1. The van der Waals surface area contributed by atoms with Crippen molar-refractivity contribution in [1.82, 2.24) is 4.98 Å². The summed E-state index contributed by atoms with van der Waals surface area (Å²) in [5.74, 6) is 0. The zero-order valence-electron chi connectivity index (χ0n) is 9.33. The molecule has 0 N–H and O–H groups in total. The number of rotatable bonds is 2. The lowest BCUT2D eigenvalue weighted by atomic mass is 10.2. The molecule has 0 spiro atoms. The van der Waals surface area contributed by atoms with Crippen molar-refractivity contribution in [2.75, 3.05) is 0 Å². The van der Waals surface area contributed by atoms with Crippen molar-refractivity contribution in [2.45, 2.75) is 27.2 Å². The first-order valence-electron chi connectivity index (χ1n) is 4.96. The Morgan fingerprint density at radius 2 is 2.07 bits per heavy atom. The molecule has 0 radical (unpaired) electrons. The van der Waals surface area contributed by atoms with Crippen molar-refractivity contribution in [1.29, 1.82) is 0 Å². The third-order valence-corrected chi connectivity index (χ3v) is 1.46. The van der Waals surface area contributed by atoms with Gasteiger partial charge in [0.05, 0.1) is 0 Å². The van der Waals surface area contributed by atoms with Crippen molar-refractivity contribution in [3.8, 4) is 0 Å². The van der Waals surface area contributed by atoms with Crippen LogP contribution in [0, 0.1) is 6.92 Å². The summed E-state index contributed by atoms with van der Waals surface area (Å²) in [6.45, 7) is 9.84. The van der Waals surface area contributed by atoms with E-state index in [1.165, 1.54) is 6.42 Å². The van der Waals surface area contributed by atoms with Crippen molar-refractivity contribution in [2.24, 2.45) is 0 Å². The predicted octanol–water partition coefficient (Wildman–Crippen LogP) is 4.01. The second-order valence-corrected chi connectivity index (χ2v) is 2.98. The van der Waals surface area contributed by atoms with Crippen LogP contribution in [-0.2, 0) is 0 Å². The molecule has 1 nitrogen and oxygen atoms in total. The van der Waals surface area contributed by atoms with Gasteiger partial charge in [0, 0.05) is 11.9 Å². The Kier molecular flexibility index (Phi) is 7.43. The van der Waals surface area contributed by atoms with Gasteiger partial charge in [0.2, 0.25) is 0 Å². The minimum atomic E-state index is 1.05. The largest absolute Gasteiger partial charge is 0.261 e. The van der Waals surface area contributed by atoms with E-state index >= 15 is 0 Å². The Bertz CT molecular complexity index is 287. The van der Waals surface area contributed by atoms with Crippen LogP contribution >= 0.6 is 0 Å². The summed E-state index contributed by atoms with van der Waals surface area (Å²) >= 11 is 0. The normalized spacial score (nSPS) is 9.36. The smallest absolute Gasteiger partial charge is 0.0444 e. The van der Waals surface area contributed by atoms with Crippen LogP contribution in [0.4, 0.5) is 0 Å². The molecule has 0 aliphatic rings.